The molecule has 0 heterocycles. The van der Waals surface area contributed by atoms with Gasteiger partial charge in [0.05, 0.1) is 12.4 Å². The second kappa shape index (κ2) is 21.6. The predicted molar refractivity (Wildman–Crippen MR) is 102 cm³/mol. The average Bonchev–Trinajstić information content (AvgIpc) is 2.55. The molecular weight excluding hydrogens is 399 g/mol. The summed E-state index contributed by atoms with van der Waals surface area (Å²) in [5.74, 6) is 0.506. The van der Waals surface area contributed by atoms with Crippen LogP contribution in [-0.4, -0.2) is 40.9 Å². The van der Waals surface area contributed by atoms with Crippen LogP contribution < -0.4 is 0 Å². The van der Waals surface area contributed by atoms with Gasteiger partial charge in [-0.1, -0.05) is 33.1 Å². The van der Waals surface area contributed by atoms with Crippen LogP contribution in [0.4, 0.5) is 0 Å². The van der Waals surface area contributed by atoms with E-state index in [4.69, 9.17) is 4.74 Å². The Balaban J connectivity index is 0. The first kappa shape index (κ1) is 24.9. The minimum absolute atomic E-state index is 0.185. The summed E-state index contributed by atoms with van der Waals surface area (Å²) in [5.41, 5.74) is 0. The fourth-order valence-electron chi connectivity index (χ4n) is 2.06. The zero-order valence-corrected chi connectivity index (χ0v) is 18.8. The number of hydrogen-bond donors (Lipinski definition) is 1. The van der Waals surface area contributed by atoms with Crippen molar-refractivity contribution < 1.29 is 9.53 Å². The van der Waals surface area contributed by atoms with Gasteiger partial charge in [0.1, 0.15) is 0 Å². The molecule has 0 bridgehead atoms. The third kappa shape index (κ3) is 20.6. The summed E-state index contributed by atoms with van der Waals surface area (Å²) in [4.78, 5) is 10.8. The third-order valence-electron chi connectivity index (χ3n) is 3.68. The number of carbonyl (C=O) groups is 1. The average molecular weight is 436 g/mol. The summed E-state index contributed by atoms with van der Waals surface area (Å²) in [6.07, 6.45) is 13.4. The van der Waals surface area contributed by atoms with E-state index in [1.54, 1.807) is 22.5 Å². The maximum atomic E-state index is 10.8. The van der Waals surface area contributed by atoms with Crippen LogP contribution >= 0.6 is 12.6 Å². The van der Waals surface area contributed by atoms with Crippen LogP contribution in [0.25, 0.3) is 0 Å². The van der Waals surface area contributed by atoms with E-state index in [9.17, 15) is 4.79 Å². The van der Waals surface area contributed by atoms with E-state index in [0.29, 0.717) is 12.5 Å². The molecule has 1 unspecified atom stereocenters. The van der Waals surface area contributed by atoms with Gasteiger partial charge in [0.2, 0.25) is 0 Å². The Labute approximate surface area is 158 Å². The first-order chi connectivity index (χ1) is 10.7. The van der Waals surface area contributed by atoms with Gasteiger partial charge in [0.15, 0.2) is 0 Å². The van der Waals surface area contributed by atoms with Gasteiger partial charge in [0, 0.05) is 0 Å². The Morgan fingerprint density at radius 1 is 1.00 bits per heavy atom. The Hall–Kier alpha value is 0.619. The second-order valence-electron chi connectivity index (χ2n) is 5.78. The number of esters is 1. The Kier molecular flexibility index (Phi) is 24.4. The molecule has 0 saturated heterocycles. The standard InChI is InChI=1S/C10H20O2S.C8H17.Sn/c1-3-5-6-9(4-2)7-12-10(11)8-13;1-3-5-7-8-6-4-2;/h9,13H,3-8H2,1-2H3;1,3-8H2,2H3;/q;;+3. The Morgan fingerprint density at radius 3 is 2.09 bits per heavy atom. The van der Waals surface area contributed by atoms with Gasteiger partial charge in [-0.05, 0) is 12.3 Å². The third-order valence-corrected chi connectivity index (χ3v) is 4.95. The molecule has 0 aromatic heterocycles. The van der Waals surface area contributed by atoms with Crippen LogP contribution in [0, 0.1) is 5.92 Å². The maximum absolute atomic E-state index is 10.8. The molecule has 0 N–H and O–H groups in total. The van der Waals surface area contributed by atoms with Crippen molar-refractivity contribution in [3.05, 3.63) is 0 Å². The molecule has 1 atom stereocenters. The molecule has 0 aliphatic carbocycles. The summed E-state index contributed by atoms with van der Waals surface area (Å²) in [5, 5.41) is 0. The van der Waals surface area contributed by atoms with E-state index in [1.165, 1.54) is 55.8 Å². The molecule has 2 nitrogen and oxygen atoms in total. The van der Waals surface area contributed by atoms with Crippen LogP contribution in [-0.2, 0) is 9.53 Å². The first-order valence-electron chi connectivity index (χ1n) is 9.07. The monoisotopic (exact) mass is 437 g/mol. The van der Waals surface area contributed by atoms with Crippen molar-refractivity contribution in [3.8, 4) is 0 Å². The fourth-order valence-corrected chi connectivity index (χ4v) is 2.86. The molecule has 0 saturated carbocycles. The molecule has 0 aromatic rings. The summed E-state index contributed by atoms with van der Waals surface area (Å²) < 4.78 is 6.48. The van der Waals surface area contributed by atoms with Crippen LogP contribution in [0.15, 0.2) is 0 Å². The van der Waals surface area contributed by atoms with Gasteiger partial charge in [-0.2, -0.15) is 12.6 Å². The molecule has 0 aliphatic rings. The van der Waals surface area contributed by atoms with Crippen LogP contribution in [0.5, 0.6) is 0 Å². The number of unbranched alkanes of at least 4 members (excludes halogenated alkanes) is 6. The van der Waals surface area contributed by atoms with E-state index in [0.717, 1.165) is 12.8 Å². The van der Waals surface area contributed by atoms with Gasteiger partial charge >= 0.3 is 78.4 Å². The molecule has 0 aromatic carbocycles. The molecule has 0 radical (unpaired) electrons. The Morgan fingerprint density at radius 2 is 1.59 bits per heavy atom. The van der Waals surface area contributed by atoms with E-state index < -0.39 is 0 Å². The molecular formula is C18H37O2SSn+3. The molecule has 0 fully saturated rings. The van der Waals surface area contributed by atoms with Crippen molar-refractivity contribution in [1.82, 2.24) is 0 Å². The summed E-state index contributed by atoms with van der Waals surface area (Å²) in [7, 11) is 0. The summed E-state index contributed by atoms with van der Waals surface area (Å²) >= 11 is 5.55. The molecule has 0 aliphatic heterocycles. The van der Waals surface area contributed by atoms with Gasteiger partial charge in [-0.15, -0.1) is 0 Å². The van der Waals surface area contributed by atoms with Crippen molar-refractivity contribution in [3.63, 3.8) is 0 Å². The van der Waals surface area contributed by atoms with Crippen molar-refractivity contribution in [2.75, 3.05) is 12.4 Å². The van der Waals surface area contributed by atoms with Crippen molar-refractivity contribution >= 4 is 41.1 Å². The molecule has 0 rings (SSSR count). The zero-order valence-electron chi connectivity index (χ0n) is 15.0. The number of thiol groups is 1. The van der Waals surface area contributed by atoms with Crippen molar-refractivity contribution in [2.24, 2.45) is 5.92 Å². The summed E-state index contributed by atoms with van der Waals surface area (Å²) in [6, 6.07) is 0. The van der Waals surface area contributed by atoms with Crippen LogP contribution in [0.3, 0.4) is 0 Å². The van der Waals surface area contributed by atoms with E-state index >= 15 is 0 Å². The number of hydrogen-bond acceptors (Lipinski definition) is 3. The van der Waals surface area contributed by atoms with Crippen LogP contribution in [0.1, 0.15) is 85.0 Å². The normalized spacial score (nSPS) is 11.5. The number of rotatable bonds is 13. The second-order valence-corrected chi connectivity index (χ2v) is 7.52. The number of ether oxygens (including phenoxy) is 1. The quantitative estimate of drug-likeness (QED) is 0.176. The molecule has 22 heavy (non-hydrogen) atoms. The van der Waals surface area contributed by atoms with E-state index in [-0.39, 0.29) is 11.7 Å². The number of carbonyl (C=O) groups excluding carboxylic acids is 1. The molecule has 128 valence electrons. The van der Waals surface area contributed by atoms with Crippen molar-refractivity contribution in [1.29, 1.82) is 0 Å². The van der Waals surface area contributed by atoms with Gasteiger partial charge in [0.25, 0.3) is 0 Å². The SMILES string of the molecule is CCCCC(CC)COC(=O)CS.CCCCCCC[CH2][Sn+3]. The zero-order chi connectivity index (χ0) is 17.1. The van der Waals surface area contributed by atoms with E-state index in [2.05, 4.69) is 33.4 Å². The van der Waals surface area contributed by atoms with Gasteiger partial charge in [-0.25, -0.2) is 0 Å². The van der Waals surface area contributed by atoms with Gasteiger partial charge < -0.3 is 4.74 Å². The van der Waals surface area contributed by atoms with E-state index in [1.807, 2.05) is 0 Å². The summed E-state index contributed by atoms with van der Waals surface area (Å²) in [6.45, 7) is 7.14. The minimum atomic E-state index is -0.210. The topological polar surface area (TPSA) is 26.3 Å². The van der Waals surface area contributed by atoms with Crippen molar-refractivity contribution in [2.45, 2.75) is 89.4 Å². The molecule has 0 amide bonds. The fraction of sp³-hybridized carbons (Fsp3) is 0.944. The first-order valence-corrected chi connectivity index (χ1v) is 11.7. The van der Waals surface area contributed by atoms with Gasteiger partial charge in [-0.3, -0.25) is 4.79 Å². The Bertz CT molecular complexity index is 219. The molecule has 4 heteroatoms. The van der Waals surface area contributed by atoms with Crippen LogP contribution in [0.2, 0.25) is 4.44 Å². The predicted octanol–water partition coefficient (Wildman–Crippen LogP) is 5.61. The molecule has 0 spiro atoms.